The maximum Gasteiger partial charge on any atom is 0.296 e. The molecule has 0 unspecified atom stereocenters. The van der Waals surface area contributed by atoms with Crippen LogP contribution < -0.4 is 4.74 Å². The van der Waals surface area contributed by atoms with Gasteiger partial charge in [0, 0.05) is 12.4 Å². The van der Waals surface area contributed by atoms with Gasteiger partial charge in [-0.3, -0.25) is 14.7 Å². The standard InChI is InChI=1S/C10H9N3O3S/c1-16-7-2-3-8(9(6-7)13(14)15)12-5-4-11-10(12)17/h2-6H,1H3,(H,11,17). The van der Waals surface area contributed by atoms with Crippen LogP contribution in [-0.4, -0.2) is 21.6 Å². The van der Waals surface area contributed by atoms with E-state index in [1.165, 1.54) is 17.7 Å². The smallest absolute Gasteiger partial charge is 0.296 e. The molecule has 0 aliphatic carbocycles. The zero-order valence-corrected chi connectivity index (χ0v) is 9.73. The summed E-state index contributed by atoms with van der Waals surface area (Å²) in [7, 11) is 1.46. The number of rotatable bonds is 3. The van der Waals surface area contributed by atoms with Crippen molar-refractivity contribution < 1.29 is 9.66 Å². The van der Waals surface area contributed by atoms with Gasteiger partial charge in [-0.25, -0.2) is 0 Å². The van der Waals surface area contributed by atoms with Crippen molar-refractivity contribution in [3.8, 4) is 11.4 Å². The van der Waals surface area contributed by atoms with Crippen LogP contribution >= 0.6 is 12.2 Å². The Balaban J connectivity index is 2.66. The summed E-state index contributed by atoms with van der Waals surface area (Å²) in [5.41, 5.74) is 0.349. The third-order valence-corrected chi connectivity index (χ3v) is 2.60. The lowest BCUT2D eigenvalue weighted by molar-refractivity contribution is -0.384. The van der Waals surface area contributed by atoms with Crippen molar-refractivity contribution in [3.63, 3.8) is 0 Å². The van der Waals surface area contributed by atoms with E-state index < -0.39 is 4.92 Å². The monoisotopic (exact) mass is 251 g/mol. The Bertz CT molecular complexity index is 617. The van der Waals surface area contributed by atoms with Gasteiger partial charge < -0.3 is 9.72 Å². The summed E-state index contributed by atoms with van der Waals surface area (Å²) in [6.07, 6.45) is 3.26. The lowest BCUT2D eigenvalue weighted by atomic mass is 10.2. The van der Waals surface area contributed by atoms with Crippen molar-refractivity contribution in [3.05, 3.63) is 45.5 Å². The minimum absolute atomic E-state index is 0.0555. The molecule has 7 heteroatoms. The highest BCUT2D eigenvalue weighted by molar-refractivity contribution is 7.71. The quantitative estimate of drug-likeness (QED) is 0.516. The predicted octanol–water partition coefficient (Wildman–Crippen LogP) is 2.45. The van der Waals surface area contributed by atoms with Crippen LogP contribution in [0.3, 0.4) is 0 Å². The van der Waals surface area contributed by atoms with Gasteiger partial charge in [0.2, 0.25) is 0 Å². The average molecular weight is 251 g/mol. The van der Waals surface area contributed by atoms with Crippen molar-refractivity contribution in [1.29, 1.82) is 0 Å². The average Bonchev–Trinajstić information content (AvgIpc) is 2.74. The summed E-state index contributed by atoms with van der Waals surface area (Å²) < 4.78 is 6.90. The maximum absolute atomic E-state index is 11.0. The van der Waals surface area contributed by atoms with Crippen molar-refractivity contribution in [2.24, 2.45) is 0 Å². The second-order valence-corrected chi connectivity index (χ2v) is 3.63. The van der Waals surface area contributed by atoms with Gasteiger partial charge in [-0.15, -0.1) is 0 Å². The highest BCUT2D eigenvalue weighted by Gasteiger charge is 2.16. The third kappa shape index (κ3) is 2.04. The number of imidazole rings is 1. The molecular formula is C10H9N3O3S. The molecule has 0 fully saturated rings. The minimum atomic E-state index is -0.466. The lowest BCUT2D eigenvalue weighted by Crippen LogP contribution is -1.99. The van der Waals surface area contributed by atoms with Crippen LogP contribution in [0.2, 0.25) is 0 Å². The number of aromatic nitrogens is 2. The Morgan fingerprint density at radius 1 is 1.53 bits per heavy atom. The first-order valence-electron chi connectivity index (χ1n) is 4.72. The van der Waals surface area contributed by atoms with Gasteiger partial charge in [0.05, 0.1) is 18.1 Å². The van der Waals surface area contributed by atoms with Crippen molar-refractivity contribution in [1.82, 2.24) is 9.55 Å². The highest BCUT2D eigenvalue weighted by atomic mass is 32.1. The van der Waals surface area contributed by atoms with E-state index in [1.807, 2.05) is 0 Å². The summed E-state index contributed by atoms with van der Waals surface area (Å²) in [6.45, 7) is 0. The molecule has 0 atom stereocenters. The topological polar surface area (TPSA) is 73.1 Å². The van der Waals surface area contributed by atoms with E-state index in [-0.39, 0.29) is 5.69 Å². The number of benzene rings is 1. The van der Waals surface area contributed by atoms with Gasteiger partial charge >= 0.3 is 0 Å². The number of H-pyrrole nitrogens is 1. The van der Waals surface area contributed by atoms with Crippen LogP contribution in [0.5, 0.6) is 5.75 Å². The summed E-state index contributed by atoms with van der Waals surface area (Å²) in [4.78, 5) is 13.3. The second-order valence-electron chi connectivity index (χ2n) is 3.25. The van der Waals surface area contributed by atoms with Gasteiger partial charge in [-0.1, -0.05) is 0 Å². The van der Waals surface area contributed by atoms with Gasteiger partial charge in [0.25, 0.3) is 5.69 Å². The fourth-order valence-corrected chi connectivity index (χ4v) is 1.72. The fourth-order valence-electron chi connectivity index (χ4n) is 1.49. The van der Waals surface area contributed by atoms with Gasteiger partial charge in [0.15, 0.2) is 4.77 Å². The molecular weight excluding hydrogens is 242 g/mol. The first kappa shape index (κ1) is 11.3. The number of nitro benzene ring substituents is 1. The van der Waals surface area contributed by atoms with E-state index in [1.54, 1.807) is 24.5 Å². The first-order valence-corrected chi connectivity index (χ1v) is 5.13. The normalized spacial score (nSPS) is 10.2. The third-order valence-electron chi connectivity index (χ3n) is 2.29. The Hall–Kier alpha value is -2.15. The van der Waals surface area contributed by atoms with E-state index in [9.17, 15) is 10.1 Å². The van der Waals surface area contributed by atoms with Gasteiger partial charge in [-0.05, 0) is 24.4 Å². The van der Waals surface area contributed by atoms with E-state index in [0.29, 0.717) is 16.2 Å². The van der Waals surface area contributed by atoms with Crippen molar-refractivity contribution in [2.45, 2.75) is 0 Å². The van der Waals surface area contributed by atoms with Crippen LogP contribution in [0, 0.1) is 14.9 Å². The molecule has 0 radical (unpaired) electrons. The molecule has 1 aromatic heterocycles. The Morgan fingerprint density at radius 3 is 2.82 bits per heavy atom. The molecule has 0 spiro atoms. The van der Waals surface area contributed by atoms with Crippen LogP contribution in [0.25, 0.3) is 5.69 Å². The number of hydrogen-bond acceptors (Lipinski definition) is 4. The van der Waals surface area contributed by atoms with E-state index >= 15 is 0 Å². The lowest BCUT2D eigenvalue weighted by Gasteiger charge is -2.05. The molecule has 2 rings (SSSR count). The molecule has 0 aliphatic heterocycles. The van der Waals surface area contributed by atoms with Gasteiger partial charge in [0.1, 0.15) is 11.4 Å². The SMILES string of the molecule is COc1ccc(-n2cc[nH]c2=S)c([N+](=O)[O-])c1. The molecule has 6 nitrogen and oxygen atoms in total. The molecule has 1 N–H and O–H groups in total. The number of hydrogen-bond donors (Lipinski definition) is 1. The Morgan fingerprint density at radius 2 is 2.29 bits per heavy atom. The van der Waals surface area contributed by atoms with Crippen LogP contribution in [0.15, 0.2) is 30.6 Å². The molecule has 0 saturated carbocycles. The number of nitrogens with one attached hydrogen (secondary N) is 1. The number of aromatic amines is 1. The molecule has 17 heavy (non-hydrogen) atoms. The molecule has 1 aromatic carbocycles. The van der Waals surface area contributed by atoms with Crippen molar-refractivity contribution in [2.75, 3.05) is 7.11 Å². The summed E-state index contributed by atoms with van der Waals surface area (Å²) >= 11 is 5.03. The number of methoxy groups -OCH3 is 1. The summed E-state index contributed by atoms with van der Waals surface area (Å²) in [5, 5.41) is 11.0. The van der Waals surface area contributed by atoms with E-state index in [4.69, 9.17) is 17.0 Å². The molecule has 0 saturated heterocycles. The predicted molar refractivity (Wildman–Crippen MR) is 64.2 cm³/mol. The fraction of sp³-hybridized carbons (Fsp3) is 0.100. The largest absolute Gasteiger partial charge is 0.496 e. The van der Waals surface area contributed by atoms with Crippen LogP contribution in [-0.2, 0) is 0 Å². The summed E-state index contributed by atoms with van der Waals surface area (Å²) in [5.74, 6) is 0.433. The van der Waals surface area contributed by atoms with Crippen LogP contribution in [0.1, 0.15) is 0 Å². The van der Waals surface area contributed by atoms with E-state index in [0.717, 1.165) is 0 Å². The highest BCUT2D eigenvalue weighted by Crippen LogP contribution is 2.27. The molecule has 88 valence electrons. The molecule has 0 aliphatic rings. The zero-order chi connectivity index (χ0) is 12.4. The number of nitrogens with zero attached hydrogens (tertiary/aromatic N) is 2. The maximum atomic E-state index is 11.0. The zero-order valence-electron chi connectivity index (χ0n) is 8.91. The van der Waals surface area contributed by atoms with Gasteiger partial charge in [-0.2, -0.15) is 0 Å². The Labute approximate surface area is 102 Å². The number of ether oxygens (including phenoxy) is 1. The number of nitro groups is 1. The van der Waals surface area contributed by atoms with Crippen LogP contribution in [0.4, 0.5) is 5.69 Å². The molecule has 2 aromatic rings. The first-order chi connectivity index (χ1) is 8.13. The molecule has 1 heterocycles. The molecule has 0 bridgehead atoms. The second kappa shape index (κ2) is 4.38. The van der Waals surface area contributed by atoms with E-state index in [2.05, 4.69) is 4.98 Å². The summed E-state index contributed by atoms with van der Waals surface area (Å²) in [6, 6.07) is 4.61. The van der Waals surface area contributed by atoms with Crippen molar-refractivity contribution >= 4 is 17.9 Å². The minimum Gasteiger partial charge on any atom is -0.496 e. The molecule has 0 amide bonds. The Kier molecular flexibility index (Phi) is 2.92.